The van der Waals surface area contributed by atoms with Gasteiger partial charge in [-0.1, -0.05) is 36.4 Å². The van der Waals surface area contributed by atoms with Crippen molar-refractivity contribution in [3.63, 3.8) is 0 Å². The highest BCUT2D eigenvalue weighted by Crippen LogP contribution is 2.24. The molecular formula is C21H30IN5. The minimum Gasteiger partial charge on any atom is -0.354 e. The van der Waals surface area contributed by atoms with E-state index in [1.807, 2.05) is 19.3 Å². The molecule has 0 amide bonds. The van der Waals surface area contributed by atoms with Crippen molar-refractivity contribution in [1.82, 2.24) is 20.5 Å². The van der Waals surface area contributed by atoms with Gasteiger partial charge in [-0.3, -0.25) is 14.9 Å². The number of benzene rings is 1. The summed E-state index contributed by atoms with van der Waals surface area (Å²) >= 11 is 0. The highest BCUT2D eigenvalue weighted by molar-refractivity contribution is 14.0. The Labute approximate surface area is 179 Å². The molecule has 1 aromatic heterocycles. The average molecular weight is 479 g/mol. The van der Waals surface area contributed by atoms with Crippen molar-refractivity contribution in [2.24, 2.45) is 4.99 Å². The first kappa shape index (κ1) is 21.6. The summed E-state index contributed by atoms with van der Waals surface area (Å²) < 4.78 is 0. The van der Waals surface area contributed by atoms with Crippen LogP contribution in [0.25, 0.3) is 0 Å². The zero-order valence-corrected chi connectivity index (χ0v) is 18.5. The normalized spacial score (nSPS) is 15.9. The molecule has 0 spiro atoms. The van der Waals surface area contributed by atoms with E-state index in [1.54, 1.807) is 0 Å². The van der Waals surface area contributed by atoms with Crippen molar-refractivity contribution in [3.05, 3.63) is 65.5 Å². The topological polar surface area (TPSA) is 52.6 Å². The number of hydrogen-bond acceptors (Lipinski definition) is 3. The number of pyridine rings is 1. The number of hydrogen-bond donors (Lipinski definition) is 2. The number of guanidine groups is 1. The fourth-order valence-electron chi connectivity index (χ4n) is 3.47. The molecule has 1 aliphatic rings. The molecule has 0 radical (unpaired) electrons. The van der Waals surface area contributed by atoms with Crippen molar-refractivity contribution < 1.29 is 0 Å². The standard InChI is InChI=1S/C21H29N5.HI/c1-17-9-8-12-23-19(17)15-24-21(22-2)25-16-20(26-13-6-7-14-26)18-10-4-3-5-11-18;/h3-5,8-12,20H,6-7,13-16H2,1-2H3,(H2,22,24,25);1H. The van der Waals surface area contributed by atoms with Crippen LogP contribution in [-0.4, -0.2) is 42.5 Å². The third-order valence-electron chi connectivity index (χ3n) is 4.99. The van der Waals surface area contributed by atoms with E-state index in [1.165, 1.54) is 37.1 Å². The molecule has 2 heterocycles. The predicted molar refractivity (Wildman–Crippen MR) is 123 cm³/mol. The lowest BCUT2D eigenvalue weighted by molar-refractivity contribution is 0.245. The Bertz CT molecular complexity index is 714. The number of aliphatic imine (C=N–C) groups is 1. The third-order valence-corrected chi connectivity index (χ3v) is 4.99. The number of aromatic nitrogens is 1. The van der Waals surface area contributed by atoms with E-state index >= 15 is 0 Å². The fourth-order valence-corrected chi connectivity index (χ4v) is 3.47. The van der Waals surface area contributed by atoms with Gasteiger partial charge in [0.05, 0.1) is 18.3 Å². The predicted octanol–water partition coefficient (Wildman–Crippen LogP) is 3.51. The van der Waals surface area contributed by atoms with Crippen LogP contribution in [0.4, 0.5) is 0 Å². The van der Waals surface area contributed by atoms with E-state index in [-0.39, 0.29) is 24.0 Å². The van der Waals surface area contributed by atoms with Gasteiger partial charge in [-0.25, -0.2) is 0 Å². The third kappa shape index (κ3) is 6.17. The van der Waals surface area contributed by atoms with Gasteiger partial charge >= 0.3 is 0 Å². The molecule has 1 fully saturated rings. The first-order chi connectivity index (χ1) is 12.8. The summed E-state index contributed by atoms with van der Waals surface area (Å²) in [4.78, 5) is 11.4. The van der Waals surface area contributed by atoms with E-state index in [0.29, 0.717) is 12.6 Å². The van der Waals surface area contributed by atoms with Gasteiger partial charge in [-0.15, -0.1) is 24.0 Å². The van der Waals surface area contributed by atoms with E-state index in [2.05, 4.69) is 68.8 Å². The molecule has 5 nitrogen and oxygen atoms in total. The highest BCUT2D eigenvalue weighted by atomic mass is 127. The monoisotopic (exact) mass is 479 g/mol. The molecular weight excluding hydrogens is 449 g/mol. The minimum absolute atomic E-state index is 0. The van der Waals surface area contributed by atoms with Gasteiger partial charge in [0, 0.05) is 19.8 Å². The van der Waals surface area contributed by atoms with Crippen molar-refractivity contribution in [2.75, 3.05) is 26.7 Å². The second kappa shape index (κ2) is 11.2. The van der Waals surface area contributed by atoms with Gasteiger partial charge < -0.3 is 10.6 Å². The number of halogens is 1. The zero-order valence-electron chi connectivity index (χ0n) is 16.2. The van der Waals surface area contributed by atoms with Crippen molar-refractivity contribution in [2.45, 2.75) is 32.4 Å². The summed E-state index contributed by atoms with van der Waals surface area (Å²) in [6.45, 7) is 5.93. The van der Waals surface area contributed by atoms with Gasteiger partial charge in [-0.2, -0.15) is 0 Å². The zero-order chi connectivity index (χ0) is 18.2. The Hall–Kier alpha value is -1.67. The number of aryl methyl sites for hydroxylation is 1. The van der Waals surface area contributed by atoms with Gasteiger partial charge in [0.2, 0.25) is 0 Å². The minimum atomic E-state index is 0. The average Bonchev–Trinajstić information content (AvgIpc) is 3.21. The lowest BCUT2D eigenvalue weighted by atomic mass is 10.1. The molecule has 1 saturated heterocycles. The van der Waals surface area contributed by atoms with Crippen LogP contribution in [0.3, 0.4) is 0 Å². The lowest BCUT2D eigenvalue weighted by Gasteiger charge is -2.29. The van der Waals surface area contributed by atoms with E-state index < -0.39 is 0 Å². The second-order valence-corrected chi connectivity index (χ2v) is 6.74. The maximum atomic E-state index is 4.44. The summed E-state index contributed by atoms with van der Waals surface area (Å²) in [5.41, 5.74) is 3.60. The Morgan fingerprint density at radius 2 is 1.85 bits per heavy atom. The van der Waals surface area contributed by atoms with Gasteiger partial charge in [0.15, 0.2) is 5.96 Å². The number of likely N-dealkylation sites (tertiary alicyclic amines) is 1. The Morgan fingerprint density at radius 1 is 1.11 bits per heavy atom. The Balaban J connectivity index is 0.00000261. The molecule has 1 aromatic carbocycles. The Morgan fingerprint density at radius 3 is 2.52 bits per heavy atom. The lowest BCUT2D eigenvalue weighted by Crippen LogP contribution is -2.42. The van der Waals surface area contributed by atoms with Crippen LogP contribution in [0, 0.1) is 6.92 Å². The number of nitrogens with one attached hydrogen (secondary N) is 2. The smallest absolute Gasteiger partial charge is 0.191 e. The Kier molecular flexibility index (Phi) is 9.00. The summed E-state index contributed by atoms with van der Waals surface area (Å²) in [5, 5.41) is 6.89. The molecule has 1 unspecified atom stereocenters. The van der Waals surface area contributed by atoms with Crippen LogP contribution >= 0.6 is 24.0 Å². The molecule has 2 aromatic rings. The quantitative estimate of drug-likeness (QED) is 0.379. The van der Waals surface area contributed by atoms with Crippen LogP contribution in [-0.2, 0) is 6.54 Å². The summed E-state index contributed by atoms with van der Waals surface area (Å²) in [7, 11) is 1.81. The maximum absolute atomic E-state index is 4.44. The van der Waals surface area contributed by atoms with Gasteiger partial charge in [0.25, 0.3) is 0 Å². The first-order valence-corrected chi connectivity index (χ1v) is 9.42. The first-order valence-electron chi connectivity index (χ1n) is 9.42. The summed E-state index contributed by atoms with van der Waals surface area (Å²) in [5.74, 6) is 0.815. The summed E-state index contributed by atoms with van der Waals surface area (Å²) in [6.07, 6.45) is 4.41. The van der Waals surface area contributed by atoms with Crippen molar-refractivity contribution in [1.29, 1.82) is 0 Å². The number of rotatable bonds is 6. The molecule has 1 atom stereocenters. The molecule has 3 rings (SSSR count). The van der Waals surface area contributed by atoms with E-state index in [0.717, 1.165) is 18.2 Å². The fraction of sp³-hybridized carbons (Fsp3) is 0.429. The van der Waals surface area contributed by atoms with E-state index in [4.69, 9.17) is 0 Å². The molecule has 1 aliphatic heterocycles. The van der Waals surface area contributed by atoms with Gasteiger partial charge in [0.1, 0.15) is 0 Å². The van der Waals surface area contributed by atoms with Crippen LogP contribution in [0.5, 0.6) is 0 Å². The molecule has 0 saturated carbocycles. The van der Waals surface area contributed by atoms with Crippen molar-refractivity contribution >= 4 is 29.9 Å². The van der Waals surface area contributed by atoms with Crippen molar-refractivity contribution in [3.8, 4) is 0 Å². The highest BCUT2D eigenvalue weighted by Gasteiger charge is 2.23. The SMILES string of the molecule is CN=C(NCc1ncccc1C)NCC(c1ccccc1)N1CCCC1.I. The second-order valence-electron chi connectivity index (χ2n) is 6.74. The van der Waals surface area contributed by atoms with Crippen LogP contribution in [0.2, 0.25) is 0 Å². The largest absolute Gasteiger partial charge is 0.354 e. The molecule has 146 valence electrons. The van der Waals surface area contributed by atoms with Crippen LogP contribution < -0.4 is 10.6 Å². The molecule has 0 bridgehead atoms. The molecule has 0 aliphatic carbocycles. The summed E-state index contributed by atoms with van der Waals surface area (Å²) in [6, 6.07) is 15.2. The van der Waals surface area contributed by atoms with E-state index in [9.17, 15) is 0 Å². The molecule has 2 N–H and O–H groups in total. The van der Waals surface area contributed by atoms with Gasteiger partial charge in [-0.05, 0) is 50.0 Å². The van der Waals surface area contributed by atoms with Crippen LogP contribution in [0.15, 0.2) is 53.7 Å². The van der Waals surface area contributed by atoms with Crippen LogP contribution in [0.1, 0.15) is 35.7 Å². The number of nitrogens with zero attached hydrogens (tertiary/aromatic N) is 3. The maximum Gasteiger partial charge on any atom is 0.191 e. The molecule has 27 heavy (non-hydrogen) atoms. The molecule has 6 heteroatoms.